The minimum Gasteiger partial charge on any atom is -0.484 e. The van der Waals surface area contributed by atoms with Gasteiger partial charge in [-0.25, -0.2) is 4.98 Å². The Balaban J connectivity index is 1.77. The molecular formula is C17H18N2O4. The second kappa shape index (κ2) is 7.93. The molecule has 0 aliphatic carbocycles. The van der Waals surface area contributed by atoms with Crippen LogP contribution >= 0.6 is 0 Å². The minimum absolute atomic E-state index is 0.0117. The first-order chi connectivity index (χ1) is 11.1. The summed E-state index contributed by atoms with van der Waals surface area (Å²) in [5.41, 5.74) is 1.47. The van der Waals surface area contributed by atoms with E-state index in [0.29, 0.717) is 23.7 Å². The van der Waals surface area contributed by atoms with Gasteiger partial charge in [-0.05, 0) is 36.8 Å². The second-order valence-electron chi connectivity index (χ2n) is 4.85. The van der Waals surface area contributed by atoms with Crippen LogP contribution in [0.4, 0.5) is 0 Å². The molecular weight excluding hydrogens is 296 g/mol. The molecule has 1 aromatic carbocycles. The van der Waals surface area contributed by atoms with E-state index in [0.717, 1.165) is 5.56 Å². The van der Waals surface area contributed by atoms with E-state index in [9.17, 15) is 9.59 Å². The quantitative estimate of drug-likeness (QED) is 0.791. The van der Waals surface area contributed by atoms with Gasteiger partial charge >= 0.3 is 0 Å². The van der Waals surface area contributed by atoms with Gasteiger partial charge in [0.05, 0.1) is 7.11 Å². The summed E-state index contributed by atoms with van der Waals surface area (Å²) in [5.74, 6) is 0.813. The number of amides is 1. The average Bonchev–Trinajstić information content (AvgIpc) is 2.59. The Labute approximate surface area is 134 Å². The van der Waals surface area contributed by atoms with Crippen LogP contribution in [0.25, 0.3) is 0 Å². The van der Waals surface area contributed by atoms with Crippen LogP contribution in [-0.2, 0) is 11.3 Å². The minimum atomic E-state index is -0.239. The fraction of sp³-hybridized carbons (Fsp3) is 0.235. The molecule has 1 N–H and O–H groups in total. The number of nitrogens with zero attached hydrogens (tertiary/aromatic N) is 1. The number of aromatic nitrogens is 1. The topological polar surface area (TPSA) is 77.5 Å². The Bertz CT molecular complexity index is 666. The highest BCUT2D eigenvalue weighted by molar-refractivity contribution is 5.94. The van der Waals surface area contributed by atoms with Crippen LogP contribution in [0.3, 0.4) is 0 Å². The zero-order valence-electron chi connectivity index (χ0n) is 13.0. The predicted molar refractivity (Wildman–Crippen MR) is 84.6 cm³/mol. The van der Waals surface area contributed by atoms with Gasteiger partial charge in [-0.2, -0.15) is 0 Å². The molecule has 23 heavy (non-hydrogen) atoms. The first-order valence-corrected chi connectivity index (χ1v) is 7.08. The van der Waals surface area contributed by atoms with E-state index >= 15 is 0 Å². The van der Waals surface area contributed by atoms with E-state index in [-0.39, 0.29) is 18.3 Å². The van der Waals surface area contributed by atoms with Crippen molar-refractivity contribution in [1.82, 2.24) is 10.3 Å². The molecule has 120 valence electrons. The number of pyridine rings is 1. The number of ether oxygens (including phenoxy) is 2. The van der Waals surface area contributed by atoms with Gasteiger partial charge in [0.25, 0.3) is 5.91 Å². The van der Waals surface area contributed by atoms with Crippen molar-refractivity contribution in [3.8, 4) is 11.6 Å². The Morgan fingerprint density at radius 1 is 1.13 bits per heavy atom. The van der Waals surface area contributed by atoms with Gasteiger partial charge in [-0.3, -0.25) is 9.59 Å². The van der Waals surface area contributed by atoms with Crippen LogP contribution in [0.5, 0.6) is 11.6 Å². The number of ketones is 1. The molecule has 6 nitrogen and oxygen atoms in total. The zero-order valence-corrected chi connectivity index (χ0v) is 13.0. The molecule has 0 fully saturated rings. The van der Waals surface area contributed by atoms with Crippen molar-refractivity contribution in [1.29, 1.82) is 0 Å². The second-order valence-corrected chi connectivity index (χ2v) is 4.85. The zero-order chi connectivity index (χ0) is 16.7. The lowest BCUT2D eigenvalue weighted by Gasteiger charge is -2.08. The monoisotopic (exact) mass is 314 g/mol. The Morgan fingerprint density at radius 3 is 2.43 bits per heavy atom. The summed E-state index contributed by atoms with van der Waals surface area (Å²) in [6.45, 7) is 1.77. The number of methoxy groups -OCH3 is 1. The van der Waals surface area contributed by atoms with Crippen LogP contribution in [0, 0.1) is 0 Å². The van der Waals surface area contributed by atoms with Gasteiger partial charge in [-0.1, -0.05) is 6.07 Å². The van der Waals surface area contributed by atoms with E-state index in [2.05, 4.69) is 10.3 Å². The fourth-order valence-corrected chi connectivity index (χ4v) is 1.82. The molecule has 2 rings (SSSR count). The summed E-state index contributed by atoms with van der Waals surface area (Å²) in [7, 11) is 1.55. The molecule has 1 aromatic heterocycles. The maximum Gasteiger partial charge on any atom is 0.258 e. The normalized spacial score (nSPS) is 10.0. The van der Waals surface area contributed by atoms with Crippen molar-refractivity contribution in [2.75, 3.05) is 13.7 Å². The molecule has 0 aliphatic heterocycles. The maximum absolute atomic E-state index is 11.8. The summed E-state index contributed by atoms with van der Waals surface area (Å²) in [5, 5.41) is 2.74. The van der Waals surface area contributed by atoms with Crippen LogP contribution < -0.4 is 14.8 Å². The van der Waals surface area contributed by atoms with Crippen LogP contribution in [0.2, 0.25) is 0 Å². The number of nitrogens with one attached hydrogen (secondary N) is 1. The standard InChI is InChI=1S/C17H18N2O4/c1-12(20)14-4-6-15(7-5-14)23-11-16(21)18-9-13-3-8-17(22-2)19-10-13/h3-8,10H,9,11H2,1-2H3,(H,18,21). The average molecular weight is 314 g/mol. The van der Waals surface area contributed by atoms with Crippen molar-refractivity contribution in [3.05, 3.63) is 53.7 Å². The lowest BCUT2D eigenvalue weighted by molar-refractivity contribution is -0.123. The Kier molecular flexibility index (Phi) is 5.68. The van der Waals surface area contributed by atoms with Crippen LogP contribution in [0.1, 0.15) is 22.8 Å². The van der Waals surface area contributed by atoms with Crippen molar-refractivity contribution in [3.63, 3.8) is 0 Å². The van der Waals surface area contributed by atoms with Crippen molar-refractivity contribution >= 4 is 11.7 Å². The molecule has 6 heteroatoms. The third-order valence-electron chi connectivity index (χ3n) is 3.13. The van der Waals surface area contributed by atoms with Gasteiger partial charge in [-0.15, -0.1) is 0 Å². The number of Topliss-reactive ketones (excluding diaryl/α,β-unsaturated/α-hetero) is 1. The van der Waals surface area contributed by atoms with Crippen LogP contribution in [0.15, 0.2) is 42.6 Å². The number of carbonyl (C=O) groups excluding carboxylic acids is 2. The van der Waals surface area contributed by atoms with Crippen molar-refractivity contribution < 1.29 is 19.1 Å². The van der Waals surface area contributed by atoms with Gasteiger partial charge in [0.1, 0.15) is 5.75 Å². The number of carbonyl (C=O) groups is 2. The summed E-state index contributed by atoms with van der Waals surface area (Å²) in [4.78, 5) is 27.0. The molecule has 0 bridgehead atoms. The van der Waals surface area contributed by atoms with Crippen molar-refractivity contribution in [2.24, 2.45) is 0 Å². The molecule has 1 amide bonds. The number of hydrogen-bond acceptors (Lipinski definition) is 5. The highest BCUT2D eigenvalue weighted by Crippen LogP contribution is 2.12. The first kappa shape index (κ1) is 16.5. The van der Waals surface area contributed by atoms with E-state index in [1.807, 2.05) is 6.07 Å². The van der Waals surface area contributed by atoms with Crippen molar-refractivity contribution in [2.45, 2.75) is 13.5 Å². The van der Waals surface area contributed by atoms with E-state index in [4.69, 9.17) is 9.47 Å². The molecule has 2 aromatic rings. The van der Waals surface area contributed by atoms with Gasteiger partial charge in [0.2, 0.25) is 5.88 Å². The SMILES string of the molecule is COc1ccc(CNC(=O)COc2ccc(C(C)=O)cc2)cn1. The molecule has 0 radical (unpaired) electrons. The number of hydrogen-bond donors (Lipinski definition) is 1. The fourth-order valence-electron chi connectivity index (χ4n) is 1.82. The highest BCUT2D eigenvalue weighted by atomic mass is 16.5. The van der Waals surface area contributed by atoms with Gasteiger partial charge < -0.3 is 14.8 Å². The Morgan fingerprint density at radius 2 is 1.87 bits per heavy atom. The summed E-state index contributed by atoms with van der Waals surface area (Å²) >= 11 is 0. The van der Waals surface area contributed by atoms with Gasteiger partial charge in [0, 0.05) is 24.4 Å². The molecule has 0 atom stereocenters. The summed E-state index contributed by atoms with van der Waals surface area (Å²) < 4.78 is 10.3. The number of benzene rings is 1. The van der Waals surface area contributed by atoms with E-state index in [1.165, 1.54) is 6.92 Å². The summed E-state index contributed by atoms with van der Waals surface area (Å²) in [6, 6.07) is 10.2. The number of rotatable bonds is 7. The first-order valence-electron chi connectivity index (χ1n) is 7.08. The van der Waals surface area contributed by atoms with Crippen LogP contribution in [-0.4, -0.2) is 30.4 Å². The Hall–Kier alpha value is -2.89. The lowest BCUT2D eigenvalue weighted by Crippen LogP contribution is -2.28. The highest BCUT2D eigenvalue weighted by Gasteiger charge is 2.04. The molecule has 0 saturated heterocycles. The predicted octanol–water partition coefficient (Wildman–Crippen LogP) is 1.99. The van der Waals surface area contributed by atoms with E-state index < -0.39 is 0 Å². The summed E-state index contributed by atoms with van der Waals surface area (Å²) in [6.07, 6.45) is 1.64. The third kappa shape index (κ3) is 5.10. The third-order valence-corrected chi connectivity index (χ3v) is 3.13. The molecule has 0 saturated carbocycles. The smallest absolute Gasteiger partial charge is 0.258 e. The molecule has 1 heterocycles. The largest absolute Gasteiger partial charge is 0.484 e. The van der Waals surface area contributed by atoms with Gasteiger partial charge in [0.15, 0.2) is 12.4 Å². The molecule has 0 unspecified atom stereocenters. The maximum atomic E-state index is 11.8. The van der Waals surface area contributed by atoms with E-state index in [1.54, 1.807) is 43.6 Å². The lowest BCUT2D eigenvalue weighted by atomic mass is 10.1. The molecule has 0 spiro atoms. The molecule has 0 aliphatic rings.